The highest BCUT2D eigenvalue weighted by atomic mass is 35.5. The minimum Gasteiger partial charge on any atom is -0.457 e. The highest BCUT2D eigenvalue weighted by Gasteiger charge is 2.32. The van der Waals surface area contributed by atoms with Crippen molar-refractivity contribution in [2.24, 2.45) is 4.99 Å². The largest absolute Gasteiger partial charge is 0.457 e. The molecule has 0 radical (unpaired) electrons. The second-order valence-electron chi connectivity index (χ2n) is 9.91. The van der Waals surface area contributed by atoms with E-state index in [-0.39, 0.29) is 27.1 Å². The van der Waals surface area contributed by atoms with E-state index in [9.17, 15) is 19.3 Å². The van der Waals surface area contributed by atoms with Crippen LogP contribution in [-0.2, 0) is 6.42 Å². The fourth-order valence-corrected chi connectivity index (χ4v) is 7.00. The normalized spacial score (nSPS) is 16.1. The van der Waals surface area contributed by atoms with Gasteiger partial charge in [0.15, 0.2) is 4.80 Å². The fraction of sp³-hybridized carbons (Fsp3) is 0.0968. The first kappa shape index (κ1) is 26.6. The summed E-state index contributed by atoms with van der Waals surface area (Å²) in [5.41, 5.74) is 4.75. The Labute approximate surface area is 251 Å². The van der Waals surface area contributed by atoms with Crippen LogP contribution in [0.2, 0.25) is 10.0 Å². The Morgan fingerprint density at radius 2 is 1.81 bits per heavy atom. The Kier molecular flexibility index (Phi) is 6.46. The molecule has 1 aliphatic heterocycles. The van der Waals surface area contributed by atoms with Gasteiger partial charge in [-0.05, 0) is 59.9 Å². The van der Waals surface area contributed by atoms with Crippen molar-refractivity contribution in [2.45, 2.75) is 18.9 Å². The van der Waals surface area contributed by atoms with E-state index in [1.807, 2.05) is 18.2 Å². The zero-order valence-corrected chi connectivity index (χ0v) is 23.8. The molecule has 1 aliphatic carbocycles. The summed E-state index contributed by atoms with van der Waals surface area (Å²) in [5, 5.41) is 11.2. The van der Waals surface area contributed by atoms with Gasteiger partial charge in [-0.2, -0.15) is 0 Å². The number of nitro groups is 1. The van der Waals surface area contributed by atoms with E-state index in [4.69, 9.17) is 32.6 Å². The summed E-state index contributed by atoms with van der Waals surface area (Å²) in [6.45, 7) is 0. The molecule has 3 aromatic carbocycles. The Balaban J connectivity index is 1.36. The lowest BCUT2D eigenvalue weighted by molar-refractivity contribution is -0.384. The van der Waals surface area contributed by atoms with Crippen LogP contribution in [0.4, 0.5) is 10.1 Å². The van der Waals surface area contributed by atoms with Crippen molar-refractivity contribution in [1.29, 1.82) is 0 Å². The predicted molar refractivity (Wildman–Crippen MR) is 160 cm³/mol. The molecule has 0 bridgehead atoms. The maximum Gasteiger partial charge on any atom is 0.289 e. The minimum atomic E-state index is -0.610. The Morgan fingerprint density at radius 3 is 2.60 bits per heavy atom. The van der Waals surface area contributed by atoms with E-state index >= 15 is 0 Å². The number of hydrogen-bond donors (Lipinski definition) is 0. The van der Waals surface area contributed by atoms with Gasteiger partial charge in [0.05, 0.1) is 26.2 Å². The van der Waals surface area contributed by atoms with Gasteiger partial charge in [0.25, 0.3) is 11.2 Å². The number of allylic oxidation sites excluding steroid dienone is 1. The molecule has 0 unspecified atom stereocenters. The van der Waals surface area contributed by atoms with E-state index in [2.05, 4.69) is 6.07 Å². The fourth-order valence-electron chi connectivity index (χ4n) is 5.54. The third-order valence-corrected chi connectivity index (χ3v) is 9.06. The van der Waals surface area contributed by atoms with Gasteiger partial charge in [-0.1, -0.05) is 70.9 Å². The molecule has 42 heavy (non-hydrogen) atoms. The molecule has 0 N–H and O–H groups in total. The van der Waals surface area contributed by atoms with Crippen molar-refractivity contribution < 1.29 is 13.7 Å². The highest BCUT2D eigenvalue weighted by Crippen LogP contribution is 2.41. The molecule has 0 saturated carbocycles. The standard InChI is InChI=1S/C31H18Cl2FN3O4S/c32-23-15-25(37(39)40)24(33)14-22(23)26-12-10-19(41-26)13-27-30(38)36-29(17-5-8-18(34)9-6-17)21-11-7-16-3-1-2-4-20(16)28(21)35-31(36)42-27/h1-6,8-10,12-15,29H,7,11H2/b27-13-/t29-/m1/s1. The van der Waals surface area contributed by atoms with Crippen LogP contribution >= 0.6 is 34.5 Å². The number of halogens is 3. The molecule has 208 valence electrons. The second kappa shape index (κ2) is 10.2. The molecular weight excluding hydrogens is 600 g/mol. The lowest BCUT2D eigenvalue weighted by Crippen LogP contribution is -2.38. The van der Waals surface area contributed by atoms with Crippen LogP contribution in [0.15, 0.2) is 92.6 Å². The van der Waals surface area contributed by atoms with Crippen molar-refractivity contribution >= 4 is 52.0 Å². The predicted octanol–water partition coefficient (Wildman–Crippen LogP) is 6.93. The average Bonchev–Trinajstić information content (AvgIpc) is 3.57. The molecule has 0 amide bonds. The molecule has 1 atom stereocenters. The summed E-state index contributed by atoms with van der Waals surface area (Å²) in [6, 6.07) is 19.8. The van der Waals surface area contributed by atoms with E-state index in [1.54, 1.807) is 34.9 Å². The summed E-state index contributed by atoms with van der Waals surface area (Å²) in [5.74, 6) is 0.373. The van der Waals surface area contributed by atoms with Crippen molar-refractivity contribution in [1.82, 2.24) is 4.57 Å². The molecule has 7 rings (SSSR count). The maximum absolute atomic E-state index is 13.9. The lowest BCUT2D eigenvalue weighted by Gasteiger charge is -2.30. The molecule has 7 nitrogen and oxygen atoms in total. The smallest absolute Gasteiger partial charge is 0.289 e. The average molecular weight is 618 g/mol. The third-order valence-electron chi connectivity index (χ3n) is 7.46. The van der Waals surface area contributed by atoms with E-state index < -0.39 is 11.0 Å². The number of nitro benzene ring substituents is 1. The SMILES string of the molecule is O=c1/c(=C/c2ccc(-c3cc(Cl)c([N+](=O)[O-])cc3Cl)o2)sc2n1[C@H](c1ccc(F)cc1)C1=C(N=2)c2ccccc2CC1. The number of rotatable bonds is 4. The van der Waals surface area contributed by atoms with Crippen LogP contribution in [0.25, 0.3) is 23.1 Å². The molecule has 0 fully saturated rings. The number of thiazole rings is 1. The van der Waals surface area contributed by atoms with Gasteiger partial charge in [-0.15, -0.1) is 0 Å². The van der Waals surface area contributed by atoms with Gasteiger partial charge in [0.1, 0.15) is 22.4 Å². The first-order chi connectivity index (χ1) is 20.3. The first-order valence-electron chi connectivity index (χ1n) is 12.9. The van der Waals surface area contributed by atoms with Gasteiger partial charge in [0, 0.05) is 23.3 Å². The first-order valence-corrected chi connectivity index (χ1v) is 14.5. The summed E-state index contributed by atoms with van der Waals surface area (Å²) in [7, 11) is 0. The van der Waals surface area contributed by atoms with Crippen LogP contribution in [-0.4, -0.2) is 9.49 Å². The lowest BCUT2D eigenvalue weighted by atomic mass is 9.83. The van der Waals surface area contributed by atoms with Gasteiger partial charge in [-0.25, -0.2) is 9.38 Å². The summed E-state index contributed by atoms with van der Waals surface area (Å²) in [6.07, 6.45) is 3.17. The topological polar surface area (TPSA) is 90.6 Å². The zero-order chi connectivity index (χ0) is 29.1. The third kappa shape index (κ3) is 4.41. The molecule has 2 aliphatic rings. The van der Waals surface area contributed by atoms with Crippen molar-refractivity contribution in [3.05, 3.63) is 146 Å². The molecule has 3 heterocycles. The number of aromatic nitrogens is 1. The second-order valence-corrected chi connectivity index (χ2v) is 11.7. The maximum atomic E-state index is 13.9. The minimum absolute atomic E-state index is 0.0722. The van der Waals surface area contributed by atoms with Gasteiger partial charge >= 0.3 is 0 Å². The van der Waals surface area contributed by atoms with Crippen LogP contribution in [0.3, 0.4) is 0 Å². The molecule has 5 aromatic rings. The number of aryl methyl sites for hydroxylation is 1. The van der Waals surface area contributed by atoms with Crippen molar-refractivity contribution in [2.75, 3.05) is 0 Å². The van der Waals surface area contributed by atoms with Crippen LogP contribution < -0.4 is 14.9 Å². The molecular formula is C31H18Cl2FN3O4S. The van der Waals surface area contributed by atoms with Crippen LogP contribution in [0.5, 0.6) is 0 Å². The van der Waals surface area contributed by atoms with E-state index in [0.29, 0.717) is 26.4 Å². The van der Waals surface area contributed by atoms with Crippen LogP contribution in [0, 0.1) is 15.9 Å². The Bertz CT molecular complexity index is 2150. The number of furan rings is 1. The summed E-state index contributed by atoms with van der Waals surface area (Å²) >= 11 is 13.6. The number of fused-ring (bicyclic) bond motifs is 3. The van der Waals surface area contributed by atoms with E-state index in [0.717, 1.165) is 35.2 Å². The number of benzene rings is 3. The summed E-state index contributed by atoms with van der Waals surface area (Å²) in [4.78, 5) is 30.0. The van der Waals surface area contributed by atoms with Crippen molar-refractivity contribution in [3.63, 3.8) is 0 Å². The molecule has 11 heteroatoms. The summed E-state index contributed by atoms with van der Waals surface area (Å²) < 4.78 is 21.9. The molecule has 0 saturated heterocycles. The number of hydrogen-bond acceptors (Lipinski definition) is 6. The van der Waals surface area contributed by atoms with Gasteiger partial charge in [0.2, 0.25) is 0 Å². The van der Waals surface area contributed by atoms with Gasteiger partial charge < -0.3 is 4.42 Å². The van der Waals surface area contributed by atoms with E-state index in [1.165, 1.54) is 41.2 Å². The van der Waals surface area contributed by atoms with Gasteiger partial charge in [-0.3, -0.25) is 19.5 Å². The zero-order valence-electron chi connectivity index (χ0n) is 21.5. The van der Waals surface area contributed by atoms with Crippen LogP contribution in [0.1, 0.15) is 34.9 Å². The number of nitrogens with zero attached hydrogens (tertiary/aromatic N) is 3. The highest BCUT2D eigenvalue weighted by molar-refractivity contribution is 7.07. The molecule has 0 spiro atoms. The van der Waals surface area contributed by atoms with Crippen molar-refractivity contribution in [3.8, 4) is 11.3 Å². The molecule has 2 aromatic heterocycles. The quantitative estimate of drug-likeness (QED) is 0.161. The Hall–Kier alpha value is -4.31. The monoisotopic (exact) mass is 617 g/mol. The Morgan fingerprint density at radius 1 is 1.02 bits per heavy atom.